The number of carboxylic acid groups (broad SMARTS) is 1. The molecule has 3 aliphatic heterocycles. The number of anilines is 1. The van der Waals surface area contributed by atoms with E-state index in [2.05, 4.69) is 9.97 Å². The number of rotatable bonds is 5. The number of thiazole rings is 1. The van der Waals surface area contributed by atoms with Crippen molar-refractivity contribution in [2.75, 3.05) is 18.0 Å². The van der Waals surface area contributed by atoms with Gasteiger partial charge in [-0.05, 0) is 32.4 Å². The molecule has 5 heterocycles. The van der Waals surface area contributed by atoms with E-state index in [0.29, 0.717) is 23.7 Å². The van der Waals surface area contributed by atoms with E-state index in [1.54, 1.807) is 17.6 Å². The van der Waals surface area contributed by atoms with Crippen molar-refractivity contribution in [2.24, 2.45) is 0 Å². The third kappa shape index (κ3) is 3.25. The third-order valence-electron chi connectivity index (χ3n) is 5.79. The summed E-state index contributed by atoms with van der Waals surface area (Å²) in [5, 5.41) is 21.5. The Kier molecular flexibility index (Phi) is 4.57. The van der Waals surface area contributed by atoms with E-state index < -0.39 is 17.8 Å². The van der Waals surface area contributed by atoms with Crippen molar-refractivity contribution < 1.29 is 32.9 Å². The molecule has 0 aliphatic carbocycles. The zero-order valence-corrected chi connectivity index (χ0v) is 18.0. The number of aromatic nitrogens is 2. The second-order valence-electron chi connectivity index (χ2n) is 8.44. The van der Waals surface area contributed by atoms with Crippen LogP contribution in [0.15, 0.2) is 28.1 Å². The number of oxazole rings is 1. The lowest BCUT2D eigenvalue weighted by molar-refractivity contribution is -0.275. The van der Waals surface area contributed by atoms with E-state index in [0.717, 1.165) is 20.3 Å². The molecule has 3 saturated heterocycles. The standard InChI is InChI=1S/C20H20F2N4O5S/c1-19(2,29)20(21,22)31-13-4-3-12(16-23-5-6-32-16)15-14(13)24-17(30-15)25-8-10-7-11(9-25)26(10)18(27)28/h3-6,10-11,29H,7-9H2,1-2H3,(H,27,28). The van der Waals surface area contributed by atoms with Gasteiger partial charge in [0.2, 0.25) is 0 Å². The van der Waals surface area contributed by atoms with Crippen LogP contribution < -0.4 is 9.64 Å². The minimum atomic E-state index is -3.88. The van der Waals surface area contributed by atoms with Crippen molar-refractivity contribution in [1.82, 2.24) is 14.9 Å². The van der Waals surface area contributed by atoms with Crippen LogP contribution in [0.2, 0.25) is 0 Å². The van der Waals surface area contributed by atoms with Gasteiger partial charge in [-0.1, -0.05) is 0 Å². The van der Waals surface area contributed by atoms with E-state index in [9.17, 15) is 23.8 Å². The van der Waals surface area contributed by atoms with Gasteiger partial charge in [0.25, 0.3) is 6.01 Å². The van der Waals surface area contributed by atoms with Gasteiger partial charge in [0.1, 0.15) is 5.01 Å². The monoisotopic (exact) mass is 466 g/mol. The molecule has 1 amide bonds. The summed E-state index contributed by atoms with van der Waals surface area (Å²) >= 11 is 1.36. The molecule has 12 heteroatoms. The molecule has 1 aromatic carbocycles. The lowest BCUT2D eigenvalue weighted by Crippen LogP contribution is -2.70. The summed E-state index contributed by atoms with van der Waals surface area (Å²) in [6, 6.07) is 2.77. The molecule has 0 spiro atoms. The summed E-state index contributed by atoms with van der Waals surface area (Å²) < 4.78 is 39.8. The molecule has 0 saturated carbocycles. The van der Waals surface area contributed by atoms with Gasteiger partial charge < -0.3 is 24.3 Å². The number of ether oxygens (including phenoxy) is 1. The highest BCUT2D eigenvalue weighted by molar-refractivity contribution is 7.13. The largest absolute Gasteiger partial charge is 0.465 e. The fourth-order valence-electron chi connectivity index (χ4n) is 4.06. The van der Waals surface area contributed by atoms with E-state index in [1.807, 2.05) is 4.90 Å². The minimum absolute atomic E-state index is 0.0750. The number of hydrogen-bond donors (Lipinski definition) is 2. The number of amides is 1. The number of piperidine rings is 1. The Bertz CT molecular complexity index is 1160. The van der Waals surface area contributed by atoms with Crippen LogP contribution in [0.5, 0.6) is 5.75 Å². The third-order valence-corrected chi connectivity index (χ3v) is 6.60. The Morgan fingerprint density at radius 2 is 2.03 bits per heavy atom. The van der Waals surface area contributed by atoms with E-state index >= 15 is 0 Å². The highest BCUT2D eigenvalue weighted by Crippen LogP contribution is 2.42. The second-order valence-corrected chi connectivity index (χ2v) is 9.33. The van der Waals surface area contributed by atoms with Crippen molar-refractivity contribution in [3.8, 4) is 16.3 Å². The number of hydrogen-bond acceptors (Lipinski definition) is 8. The fraction of sp³-hybridized carbons (Fsp3) is 0.450. The van der Waals surface area contributed by atoms with Crippen molar-refractivity contribution in [2.45, 2.75) is 44.1 Å². The van der Waals surface area contributed by atoms with Gasteiger partial charge in [0, 0.05) is 24.7 Å². The molecule has 2 unspecified atom stereocenters. The molecule has 2 atom stereocenters. The van der Waals surface area contributed by atoms with Crippen LogP contribution in [0.1, 0.15) is 20.3 Å². The molecular weight excluding hydrogens is 446 g/mol. The predicted octanol–water partition coefficient (Wildman–Crippen LogP) is 3.63. The first-order chi connectivity index (χ1) is 15.0. The molecule has 3 aliphatic rings. The number of halogens is 2. The maximum atomic E-state index is 14.4. The number of aliphatic hydroxyl groups is 1. The highest BCUT2D eigenvalue weighted by Gasteiger charge is 2.50. The zero-order valence-electron chi connectivity index (χ0n) is 17.2. The molecule has 3 fully saturated rings. The Morgan fingerprint density at radius 3 is 2.62 bits per heavy atom. The van der Waals surface area contributed by atoms with Crippen molar-refractivity contribution in [1.29, 1.82) is 0 Å². The Balaban J connectivity index is 1.55. The average molecular weight is 466 g/mol. The van der Waals surface area contributed by atoms with Crippen LogP contribution >= 0.6 is 11.3 Å². The summed E-state index contributed by atoms with van der Waals surface area (Å²) in [5.41, 5.74) is -1.55. The predicted molar refractivity (Wildman–Crippen MR) is 111 cm³/mol. The van der Waals surface area contributed by atoms with Crippen LogP contribution in [-0.4, -0.2) is 68.1 Å². The van der Waals surface area contributed by atoms with E-state index in [4.69, 9.17) is 9.15 Å². The van der Waals surface area contributed by atoms with Crippen molar-refractivity contribution >= 4 is 34.5 Å². The number of alkyl halides is 2. The van der Waals surface area contributed by atoms with Crippen LogP contribution in [-0.2, 0) is 0 Å². The summed E-state index contributed by atoms with van der Waals surface area (Å²) in [4.78, 5) is 23.3. The molecule has 2 bridgehead atoms. The van der Waals surface area contributed by atoms with E-state index in [-0.39, 0.29) is 34.9 Å². The quantitative estimate of drug-likeness (QED) is 0.586. The maximum absolute atomic E-state index is 14.4. The molecule has 9 nitrogen and oxygen atoms in total. The van der Waals surface area contributed by atoms with Gasteiger partial charge in [0.15, 0.2) is 22.5 Å². The SMILES string of the molecule is CC(C)(O)C(F)(F)Oc1ccc(-c2nccs2)c2oc(N3CC4CC(C3)N4C(=O)O)nc12. The molecular formula is C20H20F2N4O5S. The molecule has 170 valence electrons. The Labute approximate surface area is 184 Å². The van der Waals surface area contributed by atoms with Crippen LogP contribution in [0.4, 0.5) is 19.6 Å². The first-order valence-corrected chi connectivity index (χ1v) is 10.8. The van der Waals surface area contributed by atoms with Gasteiger partial charge >= 0.3 is 12.2 Å². The highest BCUT2D eigenvalue weighted by atomic mass is 32.1. The summed E-state index contributed by atoms with van der Waals surface area (Å²) in [6.45, 7) is 2.68. The van der Waals surface area contributed by atoms with Gasteiger partial charge in [-0.15, -0.1) is 11.3 Å². The molecule has 0 radical (unpaired) electrons. The normalized spacial score (nSPS) is 21.0. The van der Waals surface area contributed by atoms with Crippen LogP contribution in [0.3, 0.4) is 0 Å². The maximum Gasteiger partial charge on any atom is 0.426 e. The second kappa shape index (κ2) is 7.01. The first kappa shape index (κ1) is 20.9. The van der Waals surface area contributed by atoms with E-state index in [1.165, 1.54) is 22.3 Å². The van der Waals surface area contributed by atoms with Crippen molar-refractivity contribution in [3.63, 3.8) is 0 Å². The van der Waals surface area contributed by atoms with Gasteiger partial charge in [-0.3, -0.25) is 4.90 Å². The smallest absolute Gasteiger partial charge is 0.426 e. The summed E-state index contributed by atoms with van der Waals surface area (Å²) in [7, 11) is 0. The topological polar surface area (TPSA) is 112 Å². The number of nitrogens with zero attached hydrogens (tertiary/aromatic N) is 4. The lowest BCUT2D eigenvalue weighted by atomic mass is 9.88. The molecule has 32 heavy (non-hydrogen) atoms. The van der Waals surface area contributed by atoms with Crippen LogP contribution in [0, 0.1) is 0 Å². The Morgan fingerprint density at radius 1 is 1.31 bits per heavy atom. The molecule has 2 aromatic heterocycles. The van der Waals surface area contributed by atoms with Gasteiger partial charge in [-0.2, -0.15) is 13.8 Å². The van der Waals surface area contributed by atoms with Crippen LogP contribution in [0.25, 0.3) is 21.7 Å². The van der Waals surface area contributed by atoms with Crippen molar-refractivity contribution in [3.05, 3.63) is 23.7 Å². The fourth-order valence-corrected chi connectivity index (χ4v) is 4.72. The number of carbonyl (C=O) groups is 1. The summed E-state index contributed by atoms with van der Waals surface area (Å²) in [6.07, 6.45) is -2.45. The Hall–Kier alpha value is -2.99. The molecule has 3 aromatic rings. The molecule has 6 rings (SSSR count). The number of fused-ring (bicyclic) bond motifs is 3. The molecule has 2 N–H and O–H groups in total. The number of piperazine rings is 1. The minimum Gasteiger partial charge on any atom is -0.465 e. The first-order valence-electron chi connectivity index (χ1n) is 9.94. The average Bonchev–Trinajstić information content (AvgIpc) is 3.37. The van der Waals surface area contributed by atoms with Gasteiger partial charge in [0.05, 0.1) is 17.6 Å². The zero-order chi connectivity index (χ0) is 22.8. The van der Waals surface area contributed by atoms with Gasteiger partial charge in [-0.25, -0.2) is 9.78 Å². The lowest BCUT2D eigenvalue weighted by Gasteiger charge is -2.54. The number of benzene rings is 1. The summed E-state index contributed by atoms with van der Waals surface area (Å²) in [5.74, 6) is -0.239.